The molecule has 7 heteroatoms. The van der Waals surface area contributed by atoms with Crippen LogP contribution in [0.4, 0.5) is 0 Å². The highest BCUT2D eigenvalue weighted by molar-refractivity contribution is 5.95. The average molecular weight is 485 g/mol. The first-order valence-corrected chi connectivity index (χ1v) is 12.7. The van der Waals surface area contributed by atoms with Crippen molar-refractivity contribution >= 4 is 16.9 Å². The Hall–Kier alpha value is -3.45. The number of fused-ring (bicyclic) bond motifs is 1. The third-order valence-electron chi connectivity index (χ3n) is 8.26. The second-order valence-electron chi connectivity index (χ2n) is 10.9. The van der Waals surface area contributed by atoms with Crippen LogP contribution < -0.4 is 5.73 Å². The molecule has 1 saturated carbocycles. The maximum atomic E-state index is 12.0. The van der Waals surface area contributed by atoms with Gasteiger partial charge in [-0.15, -0.1) is 0 Å². The van der Waals surface area contributed by atoms with Crippen molar-refractivity contribution in [3.05, 3.63) is 59.7 Å². The van der Waals surface area contributed by atoms with Crippen LogP contribution in [-0.2, 0) is 21.5 Å². The lowest BCUT2D eigenvalue weighted by atomic mass is 9.82. The molecule has 1 amide bonds. The van der Waals surface area contributed by atoms with Crippen molar-refractivity contribution in [1.29, 1.82) is 0 Å². The second kappa shape index (κ2) is 8.30. The van der Waals surface area contributed by atoms with Crippen LogP contribution in [0, 0.1) is 19.3 Å². The zero-order valence-corrected chi connectivity index (χ0v) is 21.1. The molecule has 0 radical (unpaired) electrons. The van der Waals surface area contributed by atoms with Gasteiger partial charge in [-0.05, 0) is 62.1 Å². The summed E-state index contributed by atoms with van der Waals surface area (Å²) in [6, 6.07) is 10.5. The van der Waals surface area contributed by atoms with Crippen LogP contribution >= 0.6 is 0 Å². The Balaban J connectivity index is 1.46. The molecule has 0 bridgehead atoms. The predicted molar refractivity (Wildman–Crippen MR) is 138 cm³/mol. The highest BCUT2D eigenvalue weighted by Crippen LogP contribution is 2.48. The molecule has 36 heavy (non-hydrogen) atoms. The minimum atomic E-state index is -0.480. The fourth-order valence-electron chi connectivity index (χ4n) is 5.74. The Kier molecular flexibility index (Phi) is 5.30. The molecule has 0 spiro atoms. The van der Waals surface area contributed by atoms with Gasteiger partial charge in [0.25, 0.3) is 0 Å². The third kappa shape index (κ3) is 3.73. The molecule has 4 heterocycles. The summed E-state index contributed by atoms with van der Waals surface area (Å²) in [4.78, 5) is 17.0. The molecule has 0 atom stereocenters. The number of ether oxygens (including phenoxy) is 1. The number of amides is 1. The van der Waals surface area contributed by atoms with Gasteiger partial charge >= 0.3 is 0 Å². The fraction of sp³-hybridized carbons (Fsp3) is 0.414. The molecule has 4 aromatic rings. The van der Waals surface area contributed by atoms with Crippen LogP contribution in [0.1, 0.15) is 49.6 Å². The first kappa shape index (κ1) is 23.0. The van der Waals surface area contributed by atoms with Crippen LogP contribution in [0.3, 0.4) is 0 Å². The minimum absolute atomic E-state index is 0.157. The number of hydrogen-bond acceptors (Lipinski definition) is 5. The van der Waals surface area contributed by atoms with Gasteiger partial charge in [0, 0.05) is 48.8 Å². The lowest BCUT2D eigenvalue weighted by molar-refractivity contribution is -0.120. The molecule has 7 nitrogen and oxygen atoms in total. The molecule has 0 unspecified atom stereocenters. The molecule has 2 aliphatic rings. The van der Waals surface area contributed by atoms with Crippen LogP contribution in [-0.4, -0.2) is 33.8 Å². The standard InChI is InChI=1S/C29H32N4O3/c1-18-25(19(2)36-32-18)21-14-24-26(31-15-21)23(16-33(24)17-28(3)10-12-35-13-11-28)20-4-6-22(7-5-20)29(8-9-29)27(30)34/h4-7,14-16H,8-13,17H2,1-3H3,(H2,30,34). The number of aromatic nitrogens is 3. The first-order valence-electron chi connectivity index (χ1n) is 12.7. The van der Waals surface area contributed by atoms with Gasteiger partial charge in [-0.1, -0.05) is 36.3 Å². The van der Waals surface area contributed by atoms with Gasteiger partial charge in [-0.2, -0.15) is 0 Å². The van der Waals surface area contributed by atoms with Crippen molar-refractivity contribution in [2.24, 2.45) is 11.1 Å². The van der Waals surface area contributed by atoms with Crippen LogP contribution in [0.5, 0.6) is 0 Å². The van der Waals surface area contributed by atoms with Gasteiger partial charge in [-0.25, -0.2) is 0 Å². The quantitative estimate of drug-likeness (QED) is 0.400. The predicted octanol–water partition coefficient (Wildman–Crippen LogP) is 5.31. The van der Waals surface area contributed by atoms with E-state index in [2.05, 4.69) is 41.0 Å². The molecule has 2 N–H and O–H groups in total. The lowest BCUT2D eigenvalue weighted by Gasteiger charge is -2.34. The van der Waals surface area contributed by atoms with Crippen LogP contribution in [0.2, 0.25) is 0 Å². The molecule has 6 rings (SSSR count). The molecule has 1 aromatic carbocycles. The van der Waals surface area contributed by atoms with E-state index in [0.29, 0.717) is 0 Å². The maximum Gasteiger partial charge on any atom is 0.228 e. The summed E-state index contributed by atoms with van der Waals surface area (Å²) < 4.78 is 13.4. The summed E-state index contributed by atoms with van der Waals surface area (Å²) in [6.45, 7) is 8.74. The monoisotopic (exact) mass is 484 g/mol. The molecule has 186 valence electrons. The summed E-state index contributed by atoms with van der Waals surface area (Å²) in [7, 11) is 0. The number of pyridine rings is 1. The summed E-state index contributed by atoms with van der Waals surface area (Å²) in [5.41, 5.74) is 13.5. The van der Waals surface area contributed by atoms with Crippen LogP contribution in [0.25, 0.3) is 33.3 Å². The smallest absolute Gasteiger partial charge is 0.228 e. The van der Waals surface area contributed by atoms with Gasteiger partial charge in [-0.3, -0.25) is 9.78 Å². The third-order valence-corrected chi connectivity index (χ3v) is 8.26. The first-order chi connectivity index (χ1) is 17.3. The number of primary amides is 1. The SMILES string of the molecule is Cc1noc(C)c1-c1cnc2c(-c3ccc(C4(C(N)=O)CC4)cc3)cn(CC3(C)CCOCC3)c2c1. The fourth-order valence-corrected chi connectivity index (χ4v) is 5.74. The Morgan fingerprint density at radius 1 is 1.08 bits per heavy atom. The van der Waals surface area contributed by atoms with Crippen molar-refractivity contribution in [3.63, 3.8) is 0 Å². The van der Waals surface area contributed by atoms with E-state index in [-0.39, 0.29) is 11.3 Å². The van der Waals surface area contributed by atoms with E-state index in [1.54, 1.807) is 0 Å². The Morgan fingerprint density at radius 2 is 1.81 bits per heavy atom. The van der Waals surface area contributed by atoms with E-state index < -0.39 is 5.41 Å². The minimum Gasteiger partial charge on any atom is -0.381 e. The topological polar surface area (TPSA) is 96.2 Å². The maximum absolute atomic E-state index is 12.0. The number of benzene rings is 1. The zero-order chi connectivity index (χ0) is 25.1. The van der Waals surface area contributed by atoms with Gasteiger partial charge < -0.3 is 19.6 Å². The molecule has 2 fully saturated rings. The van der Waals surface area contributed by atoms with E-state index in [1.165, 1.54) is 0 Å². The molecular weight excluding hydrogens is 452 g/mol. The van der Waals surface area contributed by atoms with Crippen LogP contribution in [0.15, 0.2) is 47.2 Å². The largest absolute Gasteiger partial charge is 0.381 e. The number of carbonyl (C=O) groups is 1. The lowest BCUT2D eigenvalue weighted by Crippen LogP contribution is -2.30. The van der Waals surface area contributed by atoms with E-state index in [0.717, 1.165) is 95.7 Å². The molecular formula is C29H32N4O3. The second-order valence-corrected chi connectivity index (χ2v) is 10.9. The number of nitrogens with zero attached hydrogens (tertiary/aromatic N) is 3. The molecule has 1 saturated heterocycles. The summed E-state index contributed by atoms with van der Waals surface area (Å²) in [6.07, 6.45) is 7.86. The van der Waals surface area contributed by atoms with Gasteiger partial charge in [0.2, 0.25) is 5.91 Å². The van der Waals surface area contributed by atoms with Gasteiger partial charge in [0.1, 0.15) is 5.76 Å². The highest BCUT2D eigenvalue weighted by Gasteiger charge is 2.49. The molecule has 1 aliphatic carbocycles. The number of nitrogens with two attached hydrogens (primary N) is 1. The normalized spacial score (nSPS) is 18.4. The van der Waals surface area contributed by atoms with Gasteiger partial charge in [0.15, 0.2) is 0 Å². The highest BCUT2D eigenvalue weighted by atomic mass is 16.5. The van der Waals surface area contributed by atoms with E-state index in [1.807, 2.05) is 32.2 Å². The zero-order valence-electron chi connectivity index (χ0n) is 21.1. The number of rotatable bonds is 6. The van der Waals surface area contributed by atoms with Crippen molar-refractivity contribution in [3.8, 4) is 22.3 Å². The van der Waals surface area contributed by atoms with Crippen molar-refractivity contribution in [1.82, 2.24) is 14.7 Å². The van der Waals surface area contributed by atoms with Crippen molar-refractivity contribution in [2.45, 2.75) is 58.4 Å². The summed E-state index contributed by atoms with van der Waals surface area (Å²) in [5.74, 6) is 0.562. The number of aryl methyl sites for hydroxylation is 2. The Labute approximate surface area is 210 Å². The Morgan fingerprint density at radius 3 is 2.42 bits per heavy atom. The molecule has 1 aliphatic heterocycles. The number of carbonyl (C=O) groups excluding carboxylic acids is 1. The van der Waals surface area contributed by atoms with E-state index in [9.17, 15) is 4.79 Å². The summed E-state index contributed by atoms with van der Waals surface area (Å²) in [5, 5.41) is 4.14. The number of hydrogen-bond donors (Lipinski definition) is 1. The average Bonchev–Trinajstić information content (AvgIpc) is 3.53. The van der Waals surface area contributed by atoms with Gasteiger partial charge in [0.05, 0.1) is 22.1 Å². The summed E-state index contributed by atoms with van der Waals surface area (Å²) >= 11 is 0. The molecule has 3 aromatic heterocycles. The van der Waals surface area contributed by atoms with Crippen molar-refractivity contribution < 1.29 is 14.1 Å². The van der Waals surface area contributed by atoms with E-state index >= 15 is 0 Å². The van der Waals surface area contributed by atoms with E-state index in [4.69, 9.17) is 20.0 Å². The Bertz CT molecular complexity index is 1430. The van der Waals surface area contributed by atoms with Crippen molar-refractivity contribution in [2.75, 3.05) is 13.2 Å².